The summed E-state index contributed by atoms with van der Waals surface area (Å²) in [4.78, 5) is 0. The summed E-state index contributed by atoms with van der Waals surface area (Å²) in [6.07, 6.45) is 2.57. The van der Waals surface area contributed by atoms with Crippen LogP contribution in [0.1, 0.15) is 19.8 Å². The number of hydrogen-bond donors (Lipinski definition) is 0. The number of allylic oxidation sites excluding steroid dienone is 1. The average Bonchev–Trinajstić information content (AvgIpc) is 1.61. The Morgan fingerprint density at radius 3 is 2.43 bits per heavy atom. The van der Waals surface area contributed by atoms with Gasteiger partial charge in [-0.05, 0) is 0 Å². The van der Waals surface area contributed by atoms with E-state index in [0.29, 0.717) is 0 Å². The van der Waals surface area contributed by atoms with Gasteiger partial charge in [-0.3, -0.25) is 0 Å². The first kappa shape index (κ1) is 7.54. The maximum atomic E-state index is 3.80. The normalized spacial score (nSPS) is 8.86. The molecule has 0 aliphatic carbocycles. The third kappa shape index (κ3) is 6.54. The predicted molar refractivity (Wildman–Crippen MR) is 34.6 cm³/mol. The number of hydrogen-bond acceptors (Lipinski definition) is 0. The first-order valence-corrected chi connectivity index (χ1v) is 4.58. The van der Waals surface area contributed by atoms with Gasteiger partial charge >= 0.3 is 58.9 Å². The summed E-state index contributed by atoms with van der Waals surface area (Å²) in [5, 5.41) is 0. The van der Waals surface area contributed by atoms with Crippen LogP contribution in [0.25, 0.3) is 0 Å². The Morgan fingerprint density at radius 2 is 2.29 bits per heavy atom. The molecule has 0 rings (SSSR count). The molecular weight excluding hydrogens is 191 g/mol. The molecule has 0 aromatic rings. The number of rotatable bonds is 3. The Balaban J connectivity index is 2.82. The third-order valence-electron chi connectivity index (χ3n) is 0.780. The molecule has 3 radical (unpaired) electrons. The van der Waals surface area contributed by atoms with Gasteiger partial charge in [0.1, 0.15) is 0 Å². The Morgan fingerprint density at radius 1 is 1.71 bits per heavy atom. The van der Waals surface area contributed by atoms with Gasteiger partial charge in [0.25, 0.3) is 0 Å². The average molecular weight is 202 g/mol. The molecule has 0 aliphatic heterocycles. The van der Waals surface area contributed by atoms with Crippen LogP contribution in [-0.2, 0) is 0 Å². The zero-order valence-electron chi connectivity index (χ0n) is 4.83. The Hall–Kier alpha value is 0.539. The van der Waals surface area contributed by atoms with Gasteiger partial charge in [0.15, 0.2) is 0 Å². The molecule has 0 fully saturated rings. The van der Waals surface area contributed by atoms with Gasteiger partial charge in [-0.15, -0.1) is 0 Å². The first-order chi connectivity index (χ1) is 3.27. The van der Waals surface area contributed by atoms with E-state index in [9.17, 15) is 0 Å². The molecule has 0 N–H and O–H groups in total. The second kappa shape index (κ2) is 4.69. The second-order valence-corrected chi connectivity index (χ2v) is 3.24. The van der Waals surface area contributed by atoms with Crippen LogP contribution < -0.4 is 0 Å². The summed E-state index contributed by atoms with van der Waals surface area (Å²) in [7, 11) is 0. The van der Waals surface area contributed by atoms with Gasteiger partial charge in [-0.25, -0.2) is 0 Å². The van der Waals surface area contributed by atoms with E-state index in [1.807, 2.05) is 0 Å². The summed E-state index contributed by atoms with van der Waals surface area (Å²) in [5.74, 6) is 0. The molecule has 0 aliphatic rings. The minimum atomic E-state index is 1.23. The van der Waals surface area contributed by atoms with Crippen LogP contribution >= 0.6 is 0 Å². The van der Waals surface area contributed by atoms with Crippen molar-refractivity contribution in [3.63, 3.8) is 0 Å². The summed E-state index contributed by atoms with van der Waals surface area (Å²) >= 11 is 1.65. The molecule has 0 saturated carbocycles. The molecule has 0 atom stereocenters. The van der Waals surface area contributed by atoms with Crippen molar-refractivity contribution in [3.8, 4) is 0 Å². The summed E-state index contributed by atoms with van der Waals surface area (Å²) in [6.45, 7) is 5.89. The molecule has 39 valence electrons. The van der Waals surface area contributed by atoms with Crippen LogP contribution in [0.2, 0.25) is 4.44 Å². The molecule has 0 amide bonds. The Labute approximate surface area is 59.1 Å². The van der Waals surface area contributed by atoms with Crippen LogP contribution in [0.4, 0.5) is 0 Å². The van der Waals surface area contributed by atoms with E-state index in [4.69, 9.17) is 0 Å². The minimum absolute atomic E-state index is 1.23. The second-order valence-electron chi connectivity index (χ2n) is 1.81. The molecule has 0 aromatic heterocycles. The fourth-order valence-corrected chi connectivity index (χ4v) is 0.895. The first-order valence-electron chi connectivity index (χ1n) is 2.56. The summed E-state index contributed by atoms with van der Waals surface area (Å²) in [5.41, 5.74) is 1.32. The maximum absolute atomic E-state index is 3.80. The molecule has 1 heteroatoms. The zero-order valence-corrected chi connectivity index (χ0v) is 7.68. The van der Waals surface area contributed by atoms with Crippen LogP contribution in [0, 0.1) is 0 Å². The van der Waals surface area contributed by atoms with Gasteiger partial charge in [-0.2, -0.15) is 0 Å². The zero-order chi connectivity index (χ0) is 5.70. The molecule has 0 spiro atoms. The van der Waals surface area contributed by atoms with E-state index in [1.165, 1.54) is 22.9 Å². The van der Waals surface area contributed by atoms with Crippen LogP contribution in [0.15, 0.2) is 12.2 Å². The molecule has 0 unspecified atom stereocenters. The quantitative estimate of drug-likeness (QED) is 0.484. The monoisotopic (exact) mass is 203 g/mol. The Bertz CT molecular complexity index is 57.2. The van der Waals surface area contributed by atoms with Gasteiger partial charge in [0, 0.05) is 0 Å². The summed E-state index contributed by atoms with van der Waals surface area (Å²) < 4.78 is 1.37. The molecule has 0 nitrogen and oxygen atoms in total. The molecule has 0 saturated heterocycles. The Kier molecular flexibility index (Phi) is 5.05. The van der Waals surface area contributed by atoms with E-state index in [-0.39, 0.29) is 0 Å². The SMILES string of the molecule is C=C(C)CC[CH2][Sn]. The molecular formula is C6H11Sn. The molecule has 0 bridgehead atoms. The fourth-order valence-electron chi connectivity index (χ4n) is 0.390. The van der Waals surface area contributed by atoms with Gasteiger partial charge in [-0.1, -0.05) is 0 Å². The van der Waals surface area contributed by atoms with Crippen molar-refractivity contribution in [2.45, 2.75) is 24.2 Å². The topological polar surface area (TPSA) is 0 Å². The van der Waals surface area contributed by atoms with Crippen LogP contribution in [0.3, 0.4) is 0 Å². The van der Waals surface area contributed by atoms with Gasteiger partial charge in [0.2, 0.25) is 0 Å². The van der Waals surface area contributed by atoms with Crippen LogP contribution in [0.5, 0.6) is 0 Å². The van der Waals surface area contributed by atoms with Crippen molar-refractivity contribution in [1.82, 2.24) is 0 Å². The van der Waals surface area contributed by atoms with Crippen molar-refractivity contribution in [2.75, 3.05) is 0 Å². The van der Waals surface area contributed by atoms with Gasteiger partial charge < -0.3 is 0 Å². The van der Waals surface area contributed by atoms with Crippen LogP contribution in [-0.4, -0.2) is 22.5 Å². The van der Waals surface area contributed by atoms with E-state index >= 15 is 0 Å². The van der Waals surface area contributed by atoms with E-state index in [0.717, 1.165) is 0 Å². The van der Waals surface area contributed by atoms with Crippen molar-refractivity contribution in [2.24, 2.45) is 0 Å². The predicted octanol–water partition coefficient (Wildman–Crippen LogP) is 1.93. The molecule has 0 heterocycles. The molecule has 7 heavy (non-hydrogen) atoms. The van der Waals surface area contributed by atoms with Crippen molar-refractivity contribution in [1.29, 1.82) is 0 Å². The third-order valence-corrected chi connectivity index (χ3v) is 1.79. The van der Waals surface area contributed by atoms with Crippen molar-refractivity contribution >= 4 is 22.5 Å². The molecule has 0 aromatic carbocycles. The standard InChI is InChI=1S/C6H11.Sn/c1-4-5-6(2)3;/h1-2,4-5H2,3H3;. The van der Waals surface area contributed by atoms with Gasteiger partial charge in [0.05, 0.1) is 0 Å². The fraction of sp³-hybridized carbons (Fsp3) is 0.667. The van der Waals surface area contributed by atoms with Crippen molar-refractivity contribution < 1.29 is 0 Å². The van der Waals surface area contributed by atoms with E-state index < -0.39 is 0 Å². The van der Waals surface area contributed by atoms with E-state index in [2.05, 4.69) is 13.5 Å². The van der Waals surface area contributed by atoms with E-state index in [1.54, 1.807) is 22.5 Å². The summed E-state index contributed by atoms with van der Waals surface area (Å²) in [6, 6.07) is 0. The van der Waals surface area contributed by atoms with Crippen molar-refractivity contribution in [3.05, 3.63) is 12.2 Å².